The smallest absolute Gasteiger partial charge is 0.0631 e. The summed E-state index contributed by atoms with van der Waals surface area (Å²) in [6.45, 7) is 1.85. The van der Waals surface area contributed by atoms with E-state index >= 15 is 0 Å². The molecular weight excluding hydrogens is 216 g/mol. The van der Waals surface area contributed by atoms with Crippen molar-refractivity contribution in [1.29, 1.82) is 0 Å². The quantitative estimate of drug-likeness (QED) is 0.818. The van der Waals surface area contributed by atoms with Crippen LogP contribution in [0.15, 0.2) is 12.3 Å². The van der Waals surface area contributed by atoms with E-state index < -0.39 is 5.41 Å². The molecule has 0 atom stereocenters. The predicted molar refractivity (Wildman–Crippen MR) is 65.7 cm³/mol. The highest BCUT2D eigenvalue weighted by atomic mass is 16.3. The molecule has 2 N–H and O–H groups in total. The molecule has 4 nitrogen and oxygen atoms in total. The molecule has 1 saturated carbocycles. The molecule has 1 aromatic heterocycles. The standard InChI is InChI=1S/C13H22N2O2/c1-13(9-16,10-17)8-11-6-7-15(14-11)12-4-2-3-5-12/h6-7,12,16-17H,2-5,8-10H2,1H3. The van der Waals surface area contributed by atoms with E-state index in [4.69, 9.17) is 0 Å². The summed E-state index contributed by atoms with van der Waals surface area (Å²) in [6, 6.07) is 2.56. The zero-order chi connectivity index (χ0) is 12.3. The van der Waals surface area contributed by atoms with Gasteiger partial charge in [-0.2, -0.15) is 5.10 Å². The van der Waals surface area contributed by atoms with E-state index in [9.17, 15) is 10.2 Å². The third kappa shape index (κ3) is 2.87. The highest BCUT2D eigenvalue weighted by Gasteiger charge is 2.25. The van der Waals surface area contributed by atoms with Gasteiger partial charge in [-0.25, -0.2) is 0 Å². The van der Waals surface area contributed by atoms with E-state index in [1.165, 1.54) is 25.7 Å². The van der Waals surface area contributed by atoms with Crippen LogP contribution in [-0.2, 0) is 6.42 Å². The fraction of sp³-hybridized carbons (Fsp3) is 0.769. The molecule has 1 aromatic rings. The van der Waals surface area contributed by atoms with E-state index in [1.54, 1.807) is 0 Å². The summed E-state index contributed by atoms with van der Waals surface area (Å²) in [7, 11) is 0. The summed E-state index contributed by atoms with van der Waals surface area (Å²) >= 11 is 0. The van der Waals surface area contributed by atoms with Crippen LogP contribution >= 0.6 is 0 Å². The van der Waals surface area contributed by atoms with Crippen LogP contribution in [0.5, 0.6) is 0 Å². The molecule has 4 heteroatoms. The van der Waals surface area contributed by atoms with Gasteiger partial charge in [0.05, 0.1) is 24.9 Å². The zero-order valence-electron chi connectivity index (χ0n) is 10.5. The number of hydrogen-bond donors (Lipinski definition) is 2. The van der Waals surface area contributed by atoms with Gasteiger partial charge < -0.3 is 10.2 Å². The second-order valence-electron chi connectivity index (χ2n) is 5.53. The molecule has 0 spiro atoms. The molecule has 1 heterocycles. The average molecular weight is 238 g/mol. The molecule has 1 aliphatic rings. The normalized spacial score (nSPS) is 17.8. The Kier molecular flexibility index (Phi) is 3.84. The van der Waals surface area contributed by atoms with Crippen LogP contribution < -0.4 is 0 Å². The summed E-state index contributed by atoms with van der Waals surface area (Å²) in [5.74, 6) is 0. The first kappa shape index (κ1) is 12.6. The van der Waals surface area contributed by atoms with E-state index in [2.05, 4.69) is 9.78 Å². The minimum atomic E-state index is -0.463. The molecule has 0 bridgehead atoms. The van der Waals surface area contributed by atoms with Crippen molar-refractivity contribution in [1.82, 2.24) is 9.78 Å². The van der Waals surface area contributed by atoms with Crippen molar-refractivity contribution in [2.24, 2.45) is 5.41 Å². The third-order valence-corrected chi connectivity index (χ3v) is 3.73. The molecule has 0 radical (unpaired) electrons. The number of nitrogens with zero attached hydrogens (tertiary/aromatic N) is 2. The Hall–Kier alpha value is -0.870. The van der Waals surface area contributed by atoms with Crippen LogP contribution in [-0.4, -0.2) is 33.2 Å². The van der Waals surface area contributed by atoms with Crippen LogP contribution in [0.3, 0.4) is 0 Å². The molecule has 2 rings (SSSR count). The molecule has 1 aliphatic carbocycles. The lowest BCUT2D eigenvalue weighted by Gasteiger charge is -2.23. The van der Waals surface area contributed by atoms with Crippen molar-refractivity contribution in [3.8, 4) is 0 Å². The maximum atomic E-state index is 9.27. The summed E-state index contributed by atoms with van der Waals surface area (Å²) in [4.78, 5) is 0. The maximum Gasteiger partial charge on any atom is 0.0631 e. The maximum absolute atomic E-state index is 9.27. The summed E-state index contributed by atoms with van der Waals surface area (Å²) in [5.41, 5.74) is 0.497. The van der Waals surface area contributed by atoms with Gasteiger partial charge in [-0.15, -0.1) is 0 Å². The van der Waals surface area contributed by atoms with Crippen molar-refractivity contribution >= 4 is 0 Å². The van der Waals surface area contributed by atoms with Gasteiger partial charge in [0.15, 0.2) is 0 Å². The Morgan fingerprint density at radius 3 is 2.59 bits per heavy atom. The van der Waals surface area contributed by atoms with Gasteiger partial charge in [-0.1, -0.05) is 19.8 Å². The Bertz CT molecular complexity index is 352. The Labute approximate surface area is 102 Å². The van der Waals surface area contributed by atoms with Crippen molar-refractivity contribution in [2.45, 2.75) is 45.1 Å². The molecule has 1 fully saturated rings. The molecule has 0 aliphatic heterocycles. The highest BCUT2D eigenvalue weighted by molar-refractivity contribution is 5.03. The van der Waals surface area contributed by atoms with Crippen molar-refractivity contribution in [3.05, 3.63) is 18.0 Å². The van der Waals surface area contributed by atoms with Crippen LogP contribution in [0, 0.1) is 5.41 Å². The first-order valence-electron chi connectivity index (χ1n) is 6.43. The minimum absolute atomic E-state index is 0.0141. The van der Waals surface area contributed by atoms with Crippen LogP contribution in [0.1, 0.15) is 44.3 Å². The summed E-state index contributed by atoms with van der Waals surface area (Å²) in [6.07, 6.45) is 7.69. The number of aliphatic hydroxyl groups excluding tert-OH is 2. The summed E-state index contributed by atoms with van der Waals surface area (Å²) < 4.78 is 2.05. The molecule has 0 aromatic carbocycles. The summed E-state index contributed by atoms with van der Waals surface area (Å²) in [5, 5.41) is 23.1. The number of aromatic nitrogens is 2. The first-order valence-corrected chi connectivity index (χ1v) is 6.43. The third-order valence-electron chi connectivity index (χ3n) is 3.73. The van der Waals surface area contributed by atoms with Gasteiger partial charge in [0.1, 0.15) is 0 Å². The fourth-order valence-corrected chi connectivity index (χ4v) is 2.44. The molecular formula is C13H22N2O2. The number of rotatable bonds is 5. The topological polar surface area (TPSA) is 58.3 Å². The largest absolute Gasteiger partial charge is 0.396 e. The Morgan fingerprint density at radius 2 is 2.00 bits per heavy atom. The zero-order valence-corrected chi connectivity index (χ0v) is 10.5. The second kappa shape index (κ2) is 5.19. The van der Waals surface area contributed by atoms with E-state index in [0.717, 1.165) is 5.69 Å². The van der Waals surface area contributed by atoms with Gasteiger partial charge in [-0.05, 0) is 18.9 Å². The molecule has 96 valence electrons. The predicted octanol–water partition coefficient (Wildman–Crippen LogP) is 1.53. The second-order valence-corrected chi connectivity index (χ2v) is 5.53. The van der Waals surface area contributed by atoms with Gasteiger partial charge in [-0.3, -0.25) is 4.68 Å². The van der Waals surface area contributed by atoms with Crippen LogP contribution in [0.25, 0.3) is 0 Å². The SMILES string of the molecule is CC(CO)(CO)Cc1ccn(C2CCCC2)n1. The van der Waals surface area contributed by atoms with Crippen LogP contribution in [0.4, 0.5) is 0 Å². The van der Waals surface area contributed by atoms with E-state index in [0.29, 0.717) is 12.5 Å². The number of aliphatic hydroxyl groups is 2. The van der Waals surface area contributed by atoms with Crippen molar-refractivity contribution in [2.75, 3.05) is 13.2 Å². The lowest BCUT2D eigenvalue weighted by atomic mass is 9.87. The highest BCUT2D eigenvalue weighted by Crippen LogP contribution is 2.29. The molecule has 0 saturated heterocycles. The lowest BCUT2D eigenvalue weighted by Crippen LogP contribution is -2.28. The van der Waals surface area contributed by atoms with Gasteiger partial charge in [0, 0.05) is 18.0 Å². The van der Waals surface area contributed by atoms with Gasteiger partial charge >= 0.3 is 0 Å². The minimum Gasteiger partial charge on any atom is -0.396 e. The molecule has 17 heavy (non-hydrogen) atoms. The monoisotopic (exact) mass is 238 g/mol. The molecule has 0 unspecified atom stereocenters. The average Bonchev–Trinajstić information content (AvgIpc) is 2.98. The fourth-order valence-electron chi connectivity index (χ4n) is 2.44. The van der Waals surface area contributed by atoms with Gasteiger partial charge in [0.25, 0.3) is 0 Å². The van der Waals surface area contributed by atoms with E-state index in [-0.39, 0.29) is 13.2 Å². The van der Waals surface area contributed by atoms with Crippen LogP contribution in [0.2, 0.25) is 0 Å². The Balaban J connectivity index is 2.02. The van der Waals surface area contributed by atoms with Crippen molar-refractivity contribution in [3.63, 3.8) is 0 Å². The first-order chi connectivity index (χ1) is 8.17. The van der Waals surface area contributed by atoms with E-state index in [1.807, 2.05) is 19.2 Å². The Morgan fingerprint density at radius 1 is 1.35 bits per heavy atom. The lowest BCUT2D eigenvalue weighted by molar-refractivity contribution is 0.0694. The van der Waals surface area contributed by atoms with Crippen molar-refractivity contribution < 1.29 is 10.2 Å². The van der Waals surface area contributed by atoms with Gasteiger partial charge in [0.2, 0.25) is 0 Å². The number of hydrogen-bond acceptors (Lipinski definition) is 3. The molecule has 0 amide bonds.